The normalized spacial score (nSPS) is 17.3. The lowest BCUT2D eigenvalue weighted by Gasteiger charge is -2.32. The molecule has 0 radical (unpaired) electrons. The third-order valence-electron chi connectivity index (χ3n) is 4.48. The van der Waals surface area contributed by atoms with Gasteiger partial charge in [0.05, 0.1) is 20.6 Å². The maximum absolute atomic E-state index is 12.9. The number of nitrogens with zero attached hydrogens (tertiary/aromatic N) is 3. The molecule has 1 aliphatic rings. The predicted octanol–water partition coefficient (Wildman–Crippen LogP) is 6.36. The Balaban J connectivity index is 1.52. The lowest BCUT2D eigenvalue weighted by molar-refractivity contribution is 0.0707. The molecular formula is C18H14BrCl2N3OS2. The molecule has 1 aromatic carbocycles. The lowest BCUT2D eigenvalue weighted by atomic mass is 9.98. The van der Waals surface area contributed by atoms with Gasteiger partial charge in [0.15, 0.2) is 5.15 Å². The Bertz CT molecular complexity index is 991. The highest BCUT2D eigenvalue weighted by molar-refractivity contribution is 9.10. The van der Waals surface area contributed by atoms with Crippen molar-refractivity contribution >= 4 is 67.9 Å². The molecule has 27 heavy (non-hydrogen) atoms. The number of rotatable bonds is 3. The van der Waals surface area contributed by atoms with Crippen molar-refractivity contribution in [3.05, 3.63) is 54.9 Å². The number of carbonyl (C=O) groups is 1. The maximum atomic E-state index is 12.9. The fraction of sp³-hybridized carbons (Fsp3) is 0.278. The first kappa shape index (κ1) is 19.3. The number of hydrogen-bond donors (Lipinski definition) is 0. The number of hydrogen-bond acceptors (Lipinski definition) is 5. The molecule has 1 amide bonds. The van der Waals surface area contributed by atoms with Crippen molar-refractivity contribution in [3.8, 4) is 10.6 Å². The fourth-order valence-electron chi connectivity index (χ4n) is 3.17. The second kappa shape index (κ2) is 8.17. The summed E-state index contributed by atoms with van der Waals surface area (Å²) in [5.41, 5.74) is 1.51. The molecule has 4 nitrogen and oxygen atoms in total. The molecule has 2 aromatic heterocycles. The van der Waals surface area contributed by atoms with E-state index in [4.69, 9.17) is 28.2 Å². The maximum Gasteiger partial charge on any atom is 0.253 e. The van der Waals surface area contributed by atoms with Crippen molar-refractivity contribution in [1.82, 2.24) is 14.3 Å². The topological polar surface area (TPSA) is 46.1 Å². The van der Waals surface area contributed by atoms with Gasteiger partial charge in [-0.3, -0.25) is 4.79 Å². The quantitative estimate of drug-likeness (QED) is 0.418. The van der Waals surface area contributed by atoms with E-state index < -0.39 is 0 Å². The molecule has 1 aliphatic heterocycles. The summed E-state index contributed by atoms with van der Waals surface area (Å²) in [6, 6.07) is 7.52. The van der Waals surface area contributed by atoms with Gasteiger partial charge in [0.25, 0.3) is 5.91 Å². The third kappa shape index (κ3) is 4.07. The monoisotopic (exact) mass is 501 g/mol. The summed E-state index contributed by atoms with van der Waals surface area (Å²) in [4.78, 5) is 20.3. The van der Waals surface area contributed by atoms with Crippen molar-refractivity contribution in [2.45, 2.75) is 18.8 Å². The van der Waals surface area contributed by atoms with E-state index in [2.05, 4.69) is 20.3 Å². The number of halogens is 3. The van der Waals surface area contributed by atoms with Crippen molar-refractivity contribution in [1.29, 1.82) is 0 Å². The average Bonchev–Trinajstić information content (AvgIpc) is 3.29. The van der Waals surface area contributed by atoms with E-state index in [1.54, 1.807) is 11.3 Å². The van der Waals surface area contributed by atoms with Crippen LogP contribution in [0.5, 0.6) is 0 Å². The Morgan fingerprint density at radius 1 is 1.33 bits per heavy atom. The largest absolute Gasteiger partial charge is 0.338 e. The fourth-order valence-corrected chi connectivity index (χ4v) is 5.76. The molecule has 0 saturated carbocycles. The van der Waals surface area contributed by atoms with Gasteiger partial charge in [0, 0.05) is 34.4 Å². The van der Waals surface area contributed by atoms with E-state index in [1.807, 2.05) is 34.5 Å². The van der Waals surface area contributed by atoms with Gasteiger partial charge in [0.1, 0.15) is 0 Å². The van der Waals surface area contributed by atoms with Gasteiger partial charge in [-0.05, 0) is 42.6 Å². The highest BCUT2D eigenvalue weighted by Crippen LogP contribution is 2.39. The first-order chi connectivity index (χ1) is 13.0. The Hall–Kier alpha value is -0.990. The van der Waals surface area contributed by atoms with E-state index in [0.717, 1.165) is 39.4 Å². The van der Waals surface area contributed by atoms with E-state index in [0.29, 0.717) is 22.3 Å². The van der Waals surface area contributed by atoms with E-state index in [-0.39, 0.29) is 11.8 Å². The van der Waals surface area contributed by atoms with Crippen LogP contribution in [-0.2, 0) is 0 Å². The van der Waals surface area contributed by atoms with Gasteiger partial charge >= 0.3 is 0 Å². The molecule has 9 heteroatoms. The number of thiazole rings is 1. The van der Waals surface area contributed by atoms with Gasteiger partial charge in [-0.25, -0.2) is 4.98 Å². The standard InChI is InChI=1S/C18H14BrCl2N3OS2/c19-12-5-1-3-10(7-12)18(25)24-6-2-4-11(8-24)17-22-13(9-26-17)15-14(20)16(21)23-27-15/h1,3,5,7,9,11H,2,4,6,8H2. The van der Waals surface area contributed by atoms with E-state index >= 15 is 0 Å². The second-order valence-corrected chi connectivity index (χ2v) is 9.60. The van der Waals surface area contributed by atoms with Gasteiger partial charge in [0.2, 0.25) is 0 Å². The minimum atomic E-state index is 0.0649. The minimum Gasteiger partial charge on any atom is -0.338 e. The molecule has 1 atom stereocenters. The molecule has 3 aromatic rings. The third-order valence-corrected chi connectivity index (χ3v) is 7.80. The smallest absolute Gasteiger partial charge is 0.253 e. The van der Waals surface area contributed by atoms with Crippen LogP contribution in [0.4, 0.5) is 0 Å². The molecule has 1 saturated heterocycles. The van der Waals surface area contributed by atoms with Crippen LogP contribution in [-0.4, -0.2) is 33.3 Å². The highest BCUT2D eigenvalue weighted by atomic mass is 79.9. The molecule has 0 bridgehead atoms. The minimum absolute atomic E-state index is 0.0649. The van der Waals surface area contributed by atoms with Crippen LogP contribution < -0.4 is 0 Å². The highest BCUT2D eigenvalue weighted by Gasteiger charge is 2.28. The summed E-state index contributed by atoms with van der Waals surface area (Å²) in [6.07, 6.45) is 1.98. The SMILES string of the molecule is O=C(c1cccc(Br)c1)N1CCCC(c2nc(-c3snc(Cl)c3Cl)cs2)C1. The first-order valence-electron chi connectivity index (χ1n) is 8.34. The summed E-state index contributed by atoms with van der Waals surface area (Å²) in [5, 5.41) is 3.78. The summed E-state index contributed by atoms with van der Waals surface area (Å²) in [5.74, 6) is 0.297. The number of likely N-dealkylation sites (tertiary alicyclic amines) is 1. The molecule has 3 heterocycles. The Labute approximate surface area is 183 Å². The number of benzene rings is 1. The summed E-state index contributed by atoms with van der Waals surface area (Å²) < 4.78 is 4.98. The summed E-state index contributed by atoms with van der Waals surface area (Å²) in [6.45, 7) is 1.45. The van der Waals surface area contributed by atoms with E-state index in [1.165, 1.54) is 11.5 Å². The predicted molar refractivity (Wildman–Crippen MR) is 115 cm³/mol. The number of carbonyl (C=O) groups excluding carboxylic acids is 1. The molecular weight excluding hydrogens is 489 g/mol. The molecule has 0 spiro atoms. The van der Waals surface area contributed by atoms with Gasteiger partial charge in [-0.2, -0.15) is 4.37 Å². The van der Waals surface area contributed by atoms with Crippen LogP contribution in [0.3, 0.4) is 0 Å². The number of aromatic nitrogens is 2. The molecule has 140 valence electrons. The van der Waals surface area contributed by atoms with Crippen molar-refractivity contribution < 1.29 is 4.79 Å². The van der Waals surface area contributed by atoms with Crippen molar-refractivity contribution in [2.75, 3.05) is 13.1 Å². The zero-order valence-electron chi connectivity index (χ0n) is 14.0. The number of piperidine rings is 1. The van der Waals surface area contributed by atoms with E-state index in [9.17, 15) is 4.79 Å². The van der Waals surface area contributed by atoms with Gasteiger partial charge in [-0.1, -0.05) is 45.2 Å². The molecule has 0 N–H and O–H groups in total. The van der Waals surface area contributed by atoms with Crippen LogP contribution in [0.2, 0.25) is 10.2 Å². The van der Waals surface area contributed by atoms with Crippen LogP contribution in [0.15, 0.2) is 34.1 Å². The Kier molecular flexibility index (Phi) is 5.85. The summed E-state index contributed by atoms with van der Waals surface area (Å²) >= 11 is 18.4. The average molecular weight is 503 g/mol. The second-order valence-electron chi connectivity index (χ2n) is 6.29. The Morgan fingerprint density at radius 3 is 2.93 bits per heavy atom. The van der Waals surface area contributed by atoms with Gasteiger partial charge < -0.3 is 4.90 Å². The van der Waals surface area contributed by atoms with Crippen molar-refractivity contribution in [2.24, 2.45) is 0 Å². The van der Waals surface area contributed by atoms with Crippen LogP contribution >= 0.6 is 62.0 Å². The van der Waals surface area contributed by atoms with Crippen LogP contribution in [0.1, 0.15) is 34.1 Å². The van der Waals surface area contributed by atoms with Crippen LogP contribution in [0.25, 0.3) is 10.6 Å². The van der Waals surface area contributed by atoms with Crippen molar-refractivity contribution in [3.63, 3.8) is 0 Å². The zero-order valence-corrected chi connectivity index (χ0v) is 18.7. The van der Waals surface area contributed by atoms with Crippen LogP contribution in [0, 0.1) is 0 Å². The molecule has 1 unspecified atom stereocenters. The summed E-state index contributed by atoms with van der Waals surface area (Å²) in [7, 11) is 0. The van der Waals surface area contributed by atoms with Gasteiger partial charge in [-0.15, -0.1) is 11.3 Å². The molecule has 1 fully saturated rings. The molecule has 0 aliphatic carbocycles. The molecule has 4 rings (SSSR count). The lowest BCUT2D eigenvalue weighted by Crippen LogP contribution is -2.39. The Morgan fingerprint density at radius 2 is 2.19 bits per heavy atom. The number of amides is 1. The zero-order chi connectivity index (χ0) is 19.0. The first-order valence-corrected chi connectivity index (χ1v) is 11.5.